The number of aryl methyl sites for hydroxylation is 1. The van der Waals surface area contributed by atoms with Gasteiger partial charge >= 0.3 is 0 Å². The van der Waals surface area contributed by atoms with Crippen molar-refractivity contribution >= 4 is 11.3 Å². The molecule has 0 fully saturated rings. The van der Waals surface area contributed by atoms with Gasteiger partial charge in [-0.05, 0) is 25.5 Å². The zero-order valence-corrected chi connectivity index (χ0v) is 12.7. The summed E-state index contributed by atoms with van der Waals surface area (Å²) < 4.78 is 11.3. The van der Waals surface area contributed by atoms with Crippen molar-refractivity contribution < 1.29 is 9.47 Å². The van der Waals surface area contributed by atoms with Crippen molar-refractivity contribution in [1.29, 1.82) is 0 Å². The van der Waals surface area contributed by atoms with Gasteiger partial charge in [0.05, 0.1) is 12.3 Å². The molecule has 2 aromatic rings. The average molecular weight is 292 g/mol. The van der Waals surface area contributed by atoms with E-state index in [9.17, 15) is 0 Å². The van der Waals surface area contributed by atoms with E-state index >= 15 is 0 Å². The molecule has 0 saturated heterocycles. The number of hydrogen-bond donors (Lipinski definition) is 1. The third-order valence-electron chi connectivity index (χ3n) is 2.84. The summed E-state index contributed by atoms with van der Waals surface area (Å²) in [6.45, 7) is 5.65. The normalized spacial score (nSPS) is 10.6. The lowest BCUT2D eigenvalue weighted by atomic mass is 10.3. The smallest absolute Gasteiger partial charge is 0.161 e. The molecule has 0 atom stereocenters. The predicted molar refractivity (Wildman–Crippen MR) is 81.3 cm³/mol. The fourth-order valence-electron chi connectivity index (χ4n) is 1.92. The molecule has 2 rings (SSSR count). The van der Waals surface area contributed by atoms with Crippen LogP contribution in [0.5, 0.6) is 11.5 Å². The number of benzene rings is 1. The number of hydrogen-bond acceptors (Lipinski definition) is 5. The van der Waals surface area contributed by atoms with E-state index in [2.05, 4.69) is 11.9 Å². The van der Waals surface area contributed by atoms with Crippen molar-refractivity contribution in [3.05, 3.63) is 39.8 Å². The molecule has 4 nitrogen and oxygen atoms in total. The van der Waals surface area contributed by atoms with Gasteiger partial charge in [0.2, 0.25) is 0 Å². The first-order valence-electron chi connectivity index (χ1n) is 6.80. The molecule has 0 saturated carbocycles. The molecule has 0 unspecified atom stereocenters. The van der Waals surface area contributed by atoms with Gasteiger partial charge in [0.1, 0.15) is 11.6 Å². The zero-order chi connectivity index (χ0) is 14.4. The number of nitrogens with zero attached hydrogens (tertiary/aromatic N) is 1. The lowest BCUT2D eigenvalue weighted by Gasteiger charge is -2.10. The van der Waals surface area contributed by atoms with Gasteiger partial charge in [-0.2, -0.15) is 0 Å². The van der Waals surface area contributed by atoms with Crippen LogP contribution in [0.15, 0.2) is 24.3 Å². The molecule has 0 spiro atoms. The fraction of sp³-hybridized carbons (Fsp3) is 0.400. The minimum absolute atomic E-state index is 0.446. The Labute approximate surface area is 123 Å². The molecule has 1 aromatic heterocycles. The van der Waals surface area contributed by atoms with Crippen LogP contribution in [-0.4, -0.2) is 11.6 Å². The van der Waals surface area contributed by atoms with E-state index in [0.717, 1.165) is 33.5 Å². The minimum atomic E-state index is 0.446. The first kappa shape index (κ1) is 14.8. The molecule has 0 bridgehead atoms. The standard InChI is InChI=1S/C15H20N2O2S/c1-3-11-14(9-16)20-15(17-11)10-19-13-8-6-5-7-12(13)18-4-2/h5-8H,3-4,9-10,16H2,1-2H3. The molecule has 0 aliphatic rings. The van der Waals surface area contributed by atoms with Crippen molar-refractivity contribution in [2.45, 2.75) is 33.4 Å². The van der Waals surface area contributed by atoms with E-state index in [0.29, 0.717) is 19.8 Å². The Morgan fingerprint density at radius 3 is 2.40 bits per heavy atom. The zero-order valence-electron chi connectivity index (χ0n) is 11.9. The van der Waals surface area contributed by atoms with E-state index in [4.69, 9.17) is 15.2 Å². The first-order chi connectivity index (χ1) is 9.78. The monoisotopic (exact) mass is 292 g/mol. The van der Waals surface area contributed by atoms with E-state index in [1.807, 2.05) is 31.2 Å². The van der Waals surface area contributed by atoms with Crippen LogP contribution in [0, 0.1) is 0 Å². The maximum Gasteiger partial charge on any atom is 0.161 e. The molecular formula is C15H20N2O2S. The molecular weight excluding hydrogens is 272 g/mol. The average Bonchev–Trinajstić information content (AvgIpc) is 2.89. The second-order valence-electron chi connectivity index (χ2n) is 4.20. The summed E-state index contributed by atoms with van der Waals surface area (Å²) in [5.41, 5.74) is 6.80. The highest BCUT2D eigenvalue weighted by molar-refractivity contribution is 7.11. The predicted octanol–water partition coefficient (Wildman–Crippen LogP) is 3.14. The second-order valence-corrected chi connectivity index (χ2v) is 5.37. The van der Waals surface area contributed by atoms with Gasteiger partial charge in [-0.15, -0.1) is 11.3 Å². The molecule has 0 aliphatic carbocycles. The molecule has 1 aromatic carbocycles. The number of ether oxygens (including phenoxy) is 2. The van der Waals surface area contributed by atoms with Crippen molar-refractivity contribution in [2.24, 2.45) is 5.73 Å². The largest absolute Gasteiger partial charge is 0.490 e. The van der Waals surface area contributed by atoms with Crippen LogP contribution in [0.1, 0.15) is 29.4 Å². The summed E-state index contributed by atoms with van der Waals surface area (Å²) in [4.78, 5) is 5.71. The summed E-state index contributed by atoms with van der Waals surface area (Å²) in [5.74, 6) is 1.51. The fourth-order valence-corrected chi connectivity index (χ4v) is 2.87. The van der Waals surface area contributed by atoms with Crippen LogP contribution in [0.25, 0.3) is 0 Å². The lowest BCUT2D eigenvalue weighted by Crippen LogP contribution is -1.99. The third kappa shape index (κ3) is 3.49. The Hall–Kier alpha value is -1.59. The van der Waals surface area contributed by atoms with Crippen LogP contribution in [0.4, 0.5) is 0 Å². The molecule has 1 heterocycles. The number of aromatic nitrogens is 1. The Morgan fingerprint density at radius 1 is 1.15 bits per heavy atom. The molecule has 5 heteroatoms. The van der Waals surface area contributed by atoms with Crippen molar-refractivity contribution in [1.82, 2.24) is 4.98 Å². The van der Waals surface area contributed by atoms with Gasteiger partial charge in [0.15, 0.2) is 11.5 Å². The lowest BCUT2D eigenvalue weighted by molar-refractivity contribution is 0.269. The van der Waals surface area contributed by atoms with Crippen molar-refractivity contribution in [3.8, 4) is 11.5 Å². The molecule has 0 amide bonds. The maximum absolute atomic E-state index is 5.82. The number of rotatable bonds is 7. The first-order valence-corrected chi connectivity index (χ1v) is 7.62. The summed E-state index contributed by atoms with van der Waals surface area (Å²) >= 11 is 1.62. The van der Waals surface area contributed by atoms with E-state index in [1.165, 1.54) is 0 Å². The highest BCUT2D eigenvalue weighted by Gasteiger charge is 2.10. The topological polar surface area (TPSA) is 57.4 Å². The van der Waals surface area contributed by atoms with Crippen LogP contribution in [-0.2, 0) is 19.6 Å². The molecule has 0 aliphatic heterocycles. The Morgan fingerprint density at radius 2 is 1.85 bits per heavy atom. The van der Waals surface area contributed by atoms with Gasteiger partial charge < -0.3 is 15.2 Å². The van der Waals surface area contributed by atoms with E-state index in [1.54, 1.807) is 11.3 Å². The molecule has 0 radical (unpaired) electrons. The number of nitrogens with two attached hydrogens (primary N) is 1. The van der Waals surface area contributed by atoms with Gasteiger partial charge in [-0.25, -0.2) is 4.98 Å². The summed E-state index contributed by atoms with van der Waals surface area (Å²) in [6, 6.07) is 7.68. The quantitative estimate of drug-likeness (QED) is 0.851. The number of thiazole rings is 1. The van der Waals surface area contributed by atoms with Gasteiger partial charge in [-0.1, -0.05) is 19.1 Å². The second kappa shape index (κ2) is 7.26. The summed E-state index contributed by atoms with van der Waals surface area (Å²) in [5, 5.41) is 0.952. The summed E-state index contributed by atoms with van der Waals surface area (Å²) in [7, 11) is 0. The van der Waals surface area contributed by atoms with E-state index < -0.39 is 0 Å². The highest BCUT2D eigenvalue weighted by Crippen LogP contribution is 2.28. The van der Waals surface area contributed by atoms with Gasteiger partial charge in [0.25, 0.3) is 0 Å². The summed E-state index contributed by atoms with van der Waals surface area (Å²) in [6.07, 6.45) is 0.901. The minimum Gasteiger partial charge on any atom is -0.490 e. The van der Waals surface area contributed by atoms with Crippen molar-refractivity contribution in [2.75, 3.05) is 6.61 Å². The third-order valence-corrected chi connectivity index (χ3v) is 3.94. The van der Waals surface area contributed by atoms with E-state index in [-0.39, 0.29) is 0 Å². The molecule has 20 heavy (non-hydrogen) atoms. The van der Waals surface area contributed by atoms with Crippen LogP contribution >= 0.6 is 11.3 Å². The Kier molecular flexibility index (Phi) is 5.38. The maximum atomic E-state index is 5.82. The highest BCUT2D eigenvalue weighted by atomic mass is 32.1. The Balaban J connectivity index is 2.06. The van der Waals surface area contributed by atoms with Crippen molar-refractivity contribution in [3.63, 3.8) is 0 Å². The molecule has 2 N–H and O–H groups in total. The molecule has 108 valence electrons. The van der Waals surface area contributed by atoms with Gasteiger partial charge in [0, 0.05) is 11.4 Å². The van der Waals surface area contributed by atoms with Crippen LogP contribution < -0.4 is 15.2 Å². The van der Waals surface area contributed by atoms with Crippen LogP contribution in [0.3, 0.4) is 0 Å². The SMILES string of the molecule is CCOc1ccccc1OCc1nc(CC)c(CN)s1. The van der Waals surface area contributed by atoms with Gasteiger partial charge in [-0.3, -0.25) is 0 Å². The van der Waals surface area contributed by atoms with Crippen LogP contribution in [0.2, 0.25) is 0 Å². The number of para-hydroxylation sites is 2. The Bertz CT molecular complexity index is 533.